The van der Waals surface area contributed by atoms with Gasteiger partial charge in [0, 0.05) is 24.2 Å². The van der Waals surface area contributed by atoms with E-state index in [4.69, 9.17) is 9.15 Å². The highest BCUT2D eigenvalue weighted by molar-refractivity contribution is 6.14. The molecule has 0 fully saturated rings. The summed E-state index contributed by atoms with van der Waals surface area (Å²) in [5.74, 6) is -3.48. The zero-order chi connectivity index (χ0) is 18.7. The number of hydrogen-bond donors (Lipinski definition) is 2. The summed E-state index contributed by atoms with van der Waals surface area (Å²) in [6.45, 7) is -0.205. The van der Waals surface area contributed by atoms with Crippen LogP contribution in [-0.2, 0) is 9.53 Å². The van der Waals surface area contributed by atoms with Crippen LogP contribution in [0.3, 0.4) is 0 Å². The number of anilines is 2. The molecule has 0 aliphatic rings. The van der Waals surface area contributed by atoms with E-state index in [1.165, 1.54) is 13.2 Å². The van der Waals surface area contributed by atoms with Gasteiger partial charge in [-0.05, 0) is 24.3 Å². The highest BCUT2D eigenvalue weighted by Crippen LogP contribution is 2.31. The van der Waals surface area contributed by atoms with Crippen LogP contribution in [0, 0.1) is 11.6 Å². The number of ether oxygens (including phenoxy) is 1. The second kappa shape index (κ2) is 7.32. The first kappa shape index (κ1) is 17.6. The lowest BCUT2D eigenvalue weighted by atomic mass is 10.2. The third-order valence-electron chi connectivity index (χ3n) is 3.52. The lowest BCUT2D eigenvalue weighted by Gasteiger charge is -2.07. The van der Waals surface area contributed by atoms with Crippen LogP contribution in [0.4, 0.5) is 20.2 Å². The normalized spacial score (nSPS) is 10.7. The summed E-state index contributed by atoms with van der Waals surface area (Å²) in [5, 5.41) is 5.50. The molecular weight excluding hydrogens is 346 g/mol. The van der Waals surface area contributed by atoms with Crippen molar-refractivity contribution in [3.8, 4) is 0 Å². The Bertz CT molecular complexity index is 984. The van der Waals surface area contributed by atoms with Crippen molar-refractivity contribution in [3.63, 3.8) is 0 Å². The Kier molecular flexibility index (Phi) is 4.94. The number of benzene rings is 2. The molecule has 2 aromatic carbocycles. The van der Waals surface area contributed by atoms with Crippen molar-refractivity contribution in [2.45, 2.75) is 0 Å². The molecule has 0 unspecified atom stereocenters. The fraction of sp³-hybridized carbons (Fsp3) is 0.111. The van der Waals surface area contributed by atoms with E-state index in [9.17, 15) is 18.4 Å². The van der Waals surface area contributed by atoms with Crippen LogP contribution in [0.1, 0.15) is 10.6 Å². The molecule has 3 aromatic rings. The van der Waals surface area contributed by atoms with Gasteiger partial charge in [0.1, 0.15) is 17.9 Å². The summed E-state index contributed by atoms with van der Waals surface area (Å²) in [6, 6.07) is 9.70. The van der Waals surface area contributed by atoms with Gasteiger partial charge in [-0.15, -0.1) is 0 Å². The summed E-state index contributed by atoms with van der Waals surface area (Å²) in [6.07, 6.45) is 0. The maximum atomic E-state index is 13.3. The number of carbonyl (C=O) groups excluding carboxylic acids is 2. The molecule has 0 saturated carbocycles. The Morgan fingerprint density at radius 2 is 1.85 bits per heavy atom. The number of para-hydroxylation sites is 1. The topological polar surface area (TPSA) is 80.6 Å². The molecule has 8 heteroatoms. The van der Waals surface area contributed by atoms with E-state index in [0.717, 1.165) is 12.1 Å². The van der Waals surface area contributed by atoms with Gasteiger partial charge in [0.2, 0.25) is 11.7 Å². The molecule has 0 spiro atoms. The van der Waals surface area contributed by atoms with Gasteiger partial charge in [-0.3, -0.25) is 9.59 Å². The zero-order valence-corrected chi connectivity index (χ0v) is 13.6. The summed E-state index contributed by atoms with van der Waals surface area (Å²) in [4.78, 5) is 24.4. The summed E-state index contributed by atoms with van der Waals surface area (Å²) in [7, 11) is 1.36. The van der Waals surface area contributed by atoms with Crippen LogP contribution in [0.2, 0.25) is 0 Å². The Balaban J connectivity index is 1.95. The monoisotopic (exact) mass is 360 g/mol. The lowest BCUT2D eigenvalue weighted by molar-refractivity contribution is -0.119. The molecule has 134 valence electrons. The molecule has 2 amide bonds. The molecule has 6 nitrogen and oxygen atoms in total. The number of furan rings is 1. The molecule has 0 atom stereocenters. The fourth-order valence-electron chi connectivity index (χ4n) is 2.40. The van der Waals surface area contributed by atoms with Gasteiger partial charge < -0.3 is 19.8 Å². The highest BCUT2D eigenvalue weighted by atomic mass is 19.2. The van der Waals surface area contributed by atoms with Crippen LogP contribution in [0.5, 0.6) is 0 Å². The van der Waals surface area contributed by atoms with Crippen molar-refractivity contribution in [1.29, 1.82) is 0 Å². The Hall–Kier alpha value is -3.26. The van der Waals surface area contributed by atoms with Gasteiger partial charge in [0.05, 0.1) is 0 Å². The second-order valence-corrected chi connectivity index (χ2v) is 5.37. The maximum Gasteiger partial charge on any atom is 0.293 e. The van der Waals surface area contributed by atoms with E-state index in [1.807, 2.05) is 0 Å². The summed E-state index contributed by atoms with van der Waals surface area (Å²) in [5.41, 5.74) is 0.599. The summed E-state index contributed by atoms with van der Waals surface area (Å²) < 4.78 is 36.6. The van der Waals surface area contributed by atoms with Gasteiger partial charge >= 0.3 is 0 Å². The smallest absolute Gasteiger partial charge is 0.293 e. The number of nitrogens with one attached hydrogen (secondary N) is 2. The molecule has 3 rings (SSSR count). The Labute approximate surface area is 146 Å². The van der Waals surface area contributed by atoms with Crippen molar-refractivity contribution < 1.29 is 27.5 Å². The number of carbonyl (C=O) groups is 2. The van der Waals surface area contributed by atoms with Crippen LogP contribution in [-0.4, -0.2) is 25.5 Å². The molecule has 0 bridgehead atoms. The van der Waals surface area contributed by atoms with Gasteiger partial charge in [0.15, 0.2) is 11.6 Å². The van der Waals surface area contributed by atoms with E-state index < -0.39 is 23.4 Å². The number of amides is 2. The van der Waals surface area contributed by atoms with Crippen LogP contribution in [0.15, 0.2) is 46.9 Å². The molecular formula is C18H14F2N2O4. The predicted octanol–water partition coefficient (Wildman–Crippen LogP) is 3.55. The Morgan fingerprint density at radius 3 is 2.58 bits per heavy atom. The standard InChI is InChI=1S/C18H14F2N2O4/c1-25-9-15(23)22-16-11-4-2-3-5-14(11)26-17(16)18(24)21-10-6-7-12(19)13(20)8-10/h2-8H,9H2,1H3,(H,21,24)(H,22,23). The maximum absolute atomic E-state index is 13.3. The molecule has 2 N–H and O–H groups in total. The van der Waals surface area contributed by atoms with Crippen molar-refractivity contribution >= 4 is 34.2 Å². The average molecular weight is 360 g/mol. The third-order valence-corrected chi connectivity index (χ3v) is 3.52. The fourth-order valence-corrected chi connectivity index (χ4v) is 2.40. The first-order valence-electron chi connectivity index (χ1n) is 7.56. The zero-order valence-electron chi connectivity index (χ0n) is 13.6. The van der Waals surface area contributed by atoms with Gasteiger partial charge in [-0.1, -0.05) is 12.1 Å². The SMILES string of the molecule is COCC(=O)Nc1c(C(=O)Nc2ccc(F)c(F)c2)oc2ccccc12. The van der Waals surface area contributed by atoms with Crippen molar-refractivity contribution in [2.75, 3.05) is 24.4 Å². The largest absolute Gasteiger partial charge is 0.449 e. The average Bonchev–Trinajstić information content (AvgIpc) is 2.97. The van der Waals surface area contributed by atoms with Gasteiger partial charge in [0.25, 0.3) is 5.91 Å². The molecule has 1 aromatic heterocycles. The quantitative estimate of drug-likeness (QED) is 0.729. The minimum atomic E-state index is -1.10. The molecule has 26 heavy (non-hydrogen) atoms. The van der Waals surface area contributed by atoms with E-state index in [-0.39, 0.29) is 23.7 Å². The van der Waals surface area contributed by atoms with E-state index >= 15 is 0 Å². The molecule has 0 radical (unpaired) electrons. The summed E-state index contributed by atoms with van der Waals surface area (Å²) >= 11 is 0. The Morgan fingerprint density at radius 1 is 1.08 bits per heavy atom. The van der Waals surface area contributed by atoms with E-state index in [0.29, 0.717) is 11.0 Å². The van der Waals surface area contributed by atoms with Crippen molar-refractivity contribution in [2.24, 2.45) is 0 Å². The van der Waals surface area contributed by atoms with E-state index in [2.05, 4.69) is 10.6 Å². The first-order valence-corrected chi connectivity index (χ1v) is 7.56. The number of halogens is 2. The number of methoxy groups -OCH3 is 1. The molecule has 1 heterocycles. The number of fused-ring (bicyclic) bond motifs is 1. The van der Waals surface area contributed by atoms with E-state index in [1.54, 1.807) is 24.3 Å². The van der Waals surface area contributed by atoms with Gasteiger partial charge in [-0.25, -0.2) is 8.78 Å². The van der Waals surface area contributed by atoms with Crippen molar-refractivity contribution in [1.82, 2.24) is 0 Å². The molecule has 0 aliphatic carbocycles. The minimum Gasteiger partial charge on any atom is -0.449 e. The highest BCUT2D eigenvalue weighted by Gasteiger charge is 2.22. The number of hydrogen-bond acceptors (Lipinski definition) is 4. The molecule has 0 saturated heterocycles. The first-order chi connectivity index (χ1) is 12.5. The van der Waals surface area contributed by atoms with Crippen molar-refractivity contribution in [3.05, 3.63) is 59.9 Å². The number of rotatable bonds is 5. The lowest BCUT2D eigenvalue weighted by Crippen LogP contribution is -2.20. The predicted molar refractivity (Wildman–Crippen MR) is 91.0 cm³/mol. The molecule has 0 aliphatic heterocycles. The van der Waals surface area contributed by atoms with Crippen LogP contribution < -0.4 is 10.6 Å². The second-order valence-electron chi connectivity index (χ2n) is 5.37. The van der Waals surface area contributed by atoms with Crippen LogP contribution in [0.25, 0.3) is 11.0 Å². The minimum absolute atomic E-state index is 0.0449. The van der Waals surface area contributed by atoms with Gasteiger partial charge in [-0.2, -0.15) is 0 Å². The van der Waals surface area contributed by atoms with Crippen LogP contribution >= 0.6 is 0 Å². The third kappa shape index (κ3) is 3.55.